The number of hydrogen-bond acceptors (Lipinski definition) is 3. The fourth-order valence-corrected chi connectivity index (χ4v) is 1.34. The van der Waals surface area contributed by atoms with E-state index >= 15 is 0 Å². The van der Waals surface area contributed by atoms with Crippen LogP contribution >= 0.6 is 11.5 Å². The SMILES string of the molecule is C(=C\c1cnc[nH]1)/c1cnsc1. The molecule has 60 valence electrons. The minimum Gasteiger partial charge on any atom is -0.345 e. The maximum absolute atomic E-state index is 3.99. The number of aromatic nitrogens is 3. The molecule has 1 N–H and O–H groups in total. The van der Waals surface area contributed by atoms with E-state index in [2.05, 4.69) is 14.3 Å². The first kappa shape index (κ1) is 7.24. The molecule has 0 saturated heterocycles. The molecule has 0 saturated carbocycles. The van der Waals surface area contributed by atoms with Gasteiger partial charge in [-0.2, -0.15) is 0 Å². The average molecular weight is 177 g/mol. The van der Waals surface area contributed by atoms with Crippen molar-refractivity contribution in [3.05, 3.63) is 35.4 Å². The lowest BCUT2D eigenvalue weighted by Gasteiger charge is -1.81. The highest BCUT2D eigenvalue weighted by Gasteiger charge is 1.87. The highest BCUT2D eigenvalue weighted by Crippen LogP contribution is 2.06. The Morgan fingerprint density at radius 1 is 1.33 bits per heavy atom. The summed E-state index contributed by atoms with van der Waals surface area (Å²) in [6, 6.07) is 0. The third kappa shape index (κ3) is 1.60. The van der Waals surface area contributed by atoms with Gasteiger partial charge in [-0.1, -0.05) is 6.08 Å². The normalized spacial score (nSPS) is 11.0. The molecule has 0 aliphatic rings. The summed E-state index contributed by atoms with van der Waals surface area (Å²) in [4.78, 5) is 6.89. The van der Waals surface area contributed by atoms with Crippen molar-refractivity contribution in [3.8, 4) is 0 Å². The molecule has 2 rings (SSSR count). The number of nitrogens with zero attached hydrogens (tertiary/aromatic N) is 2. The van der Waals surface area contributed by atoms with E-state index in [1.165, 1.54) is 11.5 Å². The molecule has 0 unspecified atom stereocenters. The molecule has 4 heteroatoms. The van der Waals surface area contributed by atoms with E-state index in [1.54, 1.807) is 12.5 Å². The fraction of sp³-hybridized carbons (Fsp3) is 0. The Morgan fingerprint density at radius 3 is 3.00 bits per heavy atom. The third-order valence-electron chi connectivity index (χ3n) is 1.43. The van der Waals surface area contributed by atoms with Gasteiger partial charge in [0.05, 0.1) is 18.2 Å². The molecule has 2 aromatic rings. The smallest absolute Gasteiger partial charge is 0.0924 e. The first-order valence-corrected chi connectivity index (χ1v) is 4.34. The highest BCUT2D eigenvalue weighted by atomic mass is 32.1. The maximum Gasteiger partial charge on any atom is 0.0924 e. The number of hydrogen-bond donors (Lipinski definition) is 1. The monoisotopic (exact) mass is 177 g/mol. The Balaban J connectivity index is 2.14. The Bertz CT molecular complexity index is 311. The standard InChI is InChI=1S/C8H7N3S/c1(7-3-11-12-5-7)2-8-4-9-6-10-8/h1-6H,(H,9,10)/b2-1+. The number of nitrogens with one attached hydrogen (secondary N) is 1. The maximum atomic E-state index is 3.99. The van der Waals surface area contributed by atoms with Gasteiger partial charge in [0.1, 0.15) is 0 Å². The van der Waals surface area contributed by atoms with E-state index in [0.717, 1.165) is 11.3 Å². The molecule has 0 amide bonds. The van der Waals surface area contributed by atoms with E-state index in [4.69, 9.17) is 0 Å². The summed E-state index contributed by atoms with van der Waals surface area (Å²) in [5.41, 5.74) is 2.12. The Kier molecular flexibility index (Phi) is 2.00. The predicted molar refractivity (Wildman–Crippen MR) is 49.6 cm³/mol. The largest absolute Gasteiger partial charge is 0.345 e. The van der Waals surface area contributed by atoms with E-state index in [1.807, 2.05) is 23.7 Å². The van der Waals surface area contributed by atoms with Gasteiger partial charge in [0.15, 0.2) is 0 Å². The van der Waals surface area contributed by atoms with Crippen LogP contribution in [0.1, 0.15) is 11.3 Å². The van der Waals surface area contributed by atoms with Crippen LogP contribution in [0.4, 0.5) is 0 Å². The van der Waals surface area contributed by atoms with Crippen LogP contribution in [0.5, 0.6) is 0 Å². The molecular formula is C8H7N3S. The van der Waals surface area contributed by atoms with Crippen LogP contribution in [0.25, 0.3) is 12.2 Å². The number of imidazole rings is 1. The summed E-state index contributed by atoms with van der Waals surface area (Å²) in [7, 11) is 0. The molecule has 0 aromatic carbocycles. The average Bonchev–Trinajstić information content (AvgIpc) is 2.74. The van der Waals surface area contributed by atoms with Crippen molar-refractivity contribution in [2.75, 3.05) is 0 Å². The van der Waals surface area contributed by atoms with Gasteiger partial charge in [-0.3, -0.25) is 0 Å². The molecule has 0 spiro atoms. The Morgan fingerprint density at radius 2 is 2.33 bits per heavy atom. The molecule has 0 radical (unpaired) electrons. The van der Waals surface area contributed by atoms with Crippen LogP contribution in [0.15, 0.2) is 24.1 Å². The van der Waals surface area contributed by atoms with E-state index < -0.39 is 0 Å². The lowest BCUT2D eigenvalue weighted by molar-refractivity contribution is 1.31. The first-order valence-electron chi connectivity index (χ1n) is 3.51. The van der Waals surface area contributed by atoms with Gasteiger partial charge < -0.3 is 4.98 Å². The van der Waals surface area contributed by atoms with Crippen LogP contribution < -0.4 is 0 Å². The Labute approximate surface area is 74.0 Å². The fourth-order valence-electron chi connectivity index (χ4n) is 0.839. The van der Waals surface area contributed by atoms with Gasteiger partial charge in [0.2, 0.25) is 0 Å². The zero-order valence-electron chi connectivity index (χ0n) is 6.27. The van der Waals surface area contributed by atoms with Crippen molar-refractivity contribution in [3.63, 3.8) is 0 Å². The summed E-state index contributed by atoms with van der Waals surface area (Å²) in [6.45, 7) is 0. The minimum absolute atomic E-state index is 1.00. The number of aromatic amines is 1. The Hall–Kier alpha value is -1.42. The second-order valence-electron chi connectivity index (χ2n) is 2.30. The summed E-state index contributed by atoms with van der Waals surface area (Å²) >= 11 is 1.45. The molecule has 2 aromatic heterocycles. The molecule has 0 bridgehead atoms. The quantitative estimate of drug-likeness (QED) is 0.762. The van der Waals surface area contributed by atoms with E-state index in [-0.39, 0.29) is 0 Å². The first-order chi connectivity index (χ1) is 5.95. The van der Waals surface area contributed by atoms with Crippen LogP contribution in [0.3, 0.4) is 0 Å². The van der Waals surface area contributed by atoms with Crippen molar-refractivity contribution < 1.29 is 0 Å². The molecule has 0 fully saturated rings. The molecule has 0 atom stereocenters. The second kappa shape index (κ2) is 3.32. The van der Waals surface area contributed by atoms with Crippen LogP contribution in [-0.4, -0.2) is 14.3 Å². The molecular weight excluding hydrogens is 170 g/mol. The van der Waals surface area contributed by atoms with E-state index in [0.29, 0.717) is 0 Å². The molecule has 3 nitrogen and oxygen atoms in total. The molecule has 0 aliphatic carbocycles. The van der Waals surface area contributed by atoms with Gasteiger partial charge in [-0.25, -0.2) is 9.36 Å². The summed E-state index contributed by atoms with van der Waals surface area (Å²) in [5.74, 6) is 0. The molecule has 12 heavy (non-hydrogen) atoms. The lowest BCUT2D eigenvalue weighted by atomic mass is 10.3. The van der Waals surface area contributed by atoms with Gasteiger partial charge in [0, 0.05) is 17.1 Å². The zero-order valence-corrected chi connectivity index (χ0v) is 7.08. The van der Waals surface area contributed by atoms with Crippen molar-refractivity contribution in [2.45, 2.75) is 0 Å². The van der Waals surface area contributed by atoms with Crippen LogP contribution in [0.2, 0.25) is 0 Å². The van der Waals surface area contributed by atoms with Gasteiger partial charge in [-0.15, -0.1) is 0 Å². The van der Waals surface area contributed by atoms with Crippen molar-refractivity contribution >= 4 is 23.7 Å². The predicted octanol–water partition coefficient (Wildman–Crippen LogP) is 2.04. The summed E-state index contributed by atoms with van der Waals surface area (Å²) < 4.78 is 3.99. The number of H-pyrrole nitrogens is 1. The summed E-state index contributed by atoms with van der Waals surface area (Å²) in [5, 5.41) is 1.99. The van der Waals surface area contributed by atoms with Crippen LogP contribution in [0, 0.1) is 0 Å². The lowest BCUT2D eigenvalue weighted by Crippen LogP contribution is -1.66. The van der Waals surface area contributed by atoms with E-state index in [9.17, 15) is 0 Å². The number of rotatable bonds is 2. The zero-order chi connectivity index (χ0) is 8.23. The molecule has 0 aliphatic heterocycles. The molecule has 2 heterocycles. The topological polar surface area (TPSA) is 41.6 Å². The summed E-state index contributed by atoms with van der Waals surface area (Å²) in [6.07, 6.45) is 9.23. The third-order valence-corrected chi connectivity index (χ3v) is 2.03. The minimum atomic E-state index is 1.00. The van der Waals surface area contributed by atoms with Gasteiger partial charge in [-0.05, 0) is 17.6 Å². The highest BCUT2D eigenvalue weighted by molar-refractivity contribution is 7.03. The van der Waals surface area contributed by atoms with Gasteiger partial charge >= 0.3 is 0 Å². The van der Waals surface area contributed by atoms with Crippen LogP contribution in [-0.2, 0) is 0 Å². The van der Waals surface area contributed by atoms with Crippen molar-refractivity contribution in [1.29, 1.82) is 0 Å². The second-order valence-corrected chi connectivity index (χ2v) is 2.96. The van der Waals surface area contributed by atoms with Crippen molar-refractivity contribution in [2.24, 2.45) is 0 Å². The van der Waals surface area contributed by atoms with Gasteiger partial charge in [0.25, 0.3) is 0 Å². The van der Waals surface area contributed by atoms with Crippen molar-refractivity contribution in [1.82, 2.24) is 14.3 Å².